The van der Waals surface area contributed by atoms with E-state index in [2.05, 4.69) is 15.2 Å². The Morgan fingerprint density at radius 3 is 2.48 bits per heavy atom. The molecule has 3 aromatic rings. The zero-order valence-corrected chi connectivity index (χ0v) is 18.2. The molecule has 1 N–H and O–H groups in total. The number of ether oxygens (including phenoxy) is 2. The molecular formula is C23H23F3N4O3. The van der Waals surface area contributed by atoms with Gasteiger partial charge in [-0.05, 0) is 42.3 Å². The fourth-order valence-corrected chi connectivity index (χ4v) is 3.61. The maximum atomic E-state index is 13.7. The normalized spacial score (nSPS) is 13.8. The quantitative estimate of drug-likeness (QED) is 0.567. The molecule has 33 heavy (non-hydrogen) atoms. The largest absolute Gasteiger partial charge is 0.490 e. The zero-order valence-electron chi connectivity index (χ0n) is 18.2. The van der Waals surface area contributed by atoms with Gasteiger partial charge in [0.25, 0.3) is 0 Å². The van der Waals surface area contributed by atoms with Crippen molar-refractivity contribution >= 4 is 17.3 Å². The molecule has 0 unspecified atom stereocenters. The summed E-state index contributed by atoms with van der Waals surface area (Å²) in [4.78, 5) is 18.6. The number of hydrogen-bond donors (Lipinski definition) is 1. The van der Waals surface area contributed by atoms with Gasteiger partial charge in [-0.15, -0.1) is 0 Å². The summed E-state index contributed by atoms with van der Waals surface area (Å²) in [5.74, 6) is -4.03. The van der Waals surface area contributed by atoms with Gasteiger partial charge in [0.1, 0.15) is 0 Å². The molecular weight excluding hydrogens is 437 g/mol. The molecule has 0 aliphatic carbocycles. The van der Waals surface area contributed by atoms with Crippen LogP contribution in [-0.4, -0.2) is 43.0 Å². The van der Waals surface area contributed by atoms with E-state index in [1.807, 2.05) is 25.1 Å². The molecule has 7 nitrogen and oxygen atoms in total. The third-order valence-electron chi connectivity index (χ3n) is 5.42. The topological polar surface area (TPSA) is 68.6 Å². The van der Waals surface area contributed by atoms with Gasteiger partial charge in [0.15, 0.2) is 17.5 Å². The Bertz CT molecular complexity index is 1200. The first kappa shape index (κ1) is 22.7. The summed E-state index contributed by atoms with van der Waals surface area (Å²) in [5.41, 5.74) is 2.15. The maximum absolute atomic E-state index is 13.7. The number of anilines is 3. The molecule has 0 atom stereocenters. The number of rotatable bonds is 6. The van der Waals surface area contributed by atoms with Crippen LogP contribution in [0.15, 0.2) is 41.3 Å². The highest BCUT2D eigenvalue weighted by molar-refractivity contribution is 5.66. The van der Waals surface area contributed by atoms with E-state index in [4.69, 9.17) is 9.47 Å². The number of nitrogens with one attached hydrogen (secondary N) is 1. The van der Waals surface area contributed by atoms with Gasteiger partial charge >= 0.3 is 5.56 Å². The van der Waals surface area contributed by atoms with Crippen LogP contribution in [0.3, 0.4) is 0 Å². The molecule has 0 spiro atoms. The van der Waals surface area contributed by atoms with Crippen molar-refractivity contribution in [2.45, 2.75) is 13.5 Å². The van der Waals surface area contributed by atoms with E-state index in [-0.39, 0.29) is 23.8 Å². The van der Waals surface area contributed by atoms with Gasteiger partial charge in [-0.3, -0.25) is 4.79 Å². The van der Waals surface area contributed by atoms with Crippen LogP contribution < -0.4 is 20.5 Å². The van der Waals surface area contributed by atoms with E-state index in [1.54, 1.807) is 0 Å². The van der Waals surface area contributed by atoms with Crippen LogP contribution in [0.1, 0.15) is 11.1 Å². The van der Waals surface area contributed by atoms with Crippen LogP contribution in [0.2, 0.25) is 0 Å². The highest BCUT2D eigenvalue weighted by Crippen LogP contribution is 2.27. The van der Waals surface area contributed by atoms with Crippen LogP contribution in [0.25, 0.3) is 0 Å². The molecule has 1 aliphatic heterocycles. The van der Waals surface area contributed by atoms with Crippen molar-refractivity contribution in [2.24, 2.45) is 0 Å². The molecule has 4 rings (SSSR count). The molecule has 0 amide bonds. The Kier molecular flexibility index (Phi) is 6.55. The summed E-state index contributed by atoms with van der Waals surface area (Å²) in [5, 5.41) is 3.15. The lowest BCUT2D eigenvalue weighted by Crippen LogP contribution is -2.36. The average Bonchev–Trinajstić information content (AvgIpc) is 2.81. The number of nitrogens with zero attached hydrogens (tertiary/aromatic N) is 3. The average molecular weight is 460 g/mol. The highest BCUT2D eigenvalue weighted by Gasteiger charge is 2.16. The molecule has 0 saturated carbocycles. The standard InChI is InChI=1S/C23H23F3N4O3/c1-14-3-4-16(29-5-7-33-8-6-29)11-19(14)27-23-28-22(31)20(32-2)13-30(23)12-15-9-17(24)21(26)18(25)10-15/h3-4,9-11,13H,5-8,12H2,1-2H3,(H,27,28,31). The van der Waals surface area contributed by atoms with Crippen LogP contribution in [0.5, 0.6) is 5.75 Å². The van der Waals surface area contributed by atoms with Gasteiger partial charge in [0.2, 0.25) is 11.7 Å². The predicted molar refractivity (Wildman–Crippen MR) is 118 cm³/mol. The van der Waals surface area contributed by atoms with Crippen LogP contribution >= 0.6 is 0 Å². The Morgan fingerprint density at radius 2 is 1.82 bits per heavy atom. The SMILES string of the molecule is COc1cn(Cc2cc(F)c(F)c(F)c2)c(Nc2cc(N3CCOCC3)ccc2C)nc1=O. The monoisotopic (exact) mass is 460 g/mol. The van der Waals surface area contributed by atoms with E-state index in [0.717, 1.165) is 36.5 Å². The van der Waals surface area contributed by atoms with E-state index in [9.17, 15) is 18.0 Å². The fourth-order valence-electron chi connectivity index (χ4n) is 3.61. The Labute approximate surface area is 188 Å². The number of benzene rings is 2. The molecule has 0 radical (unpaired) electrons. The highest BCUT2D eigenvalue weighted by atomic mass is 19.2. The van der Waals surface area contributed by atoms with Crippen molar-refractivity contribution in [1.29, 1.82) is 0 Å². The van der Waals surface area contributed by atoms with Crippen molar-refractivity contribution < 1.29 is 22.6 Å². The number of aryl methyl sites for hydroxylation is 1. The second-order valence-electron chi connectivity index (χ2n) is 7.66. The van der Waals surface area contributed by atoms with E-state index >= 15 is 0 Å². The third kappa shape index (κ3) is 4.95. The Morgan fingerprint density at radius 1 is 1.12 bits per heavy atom. The first-order valence-corrected chi connectivity index (χ1v) is 10.3. The molecule has 1 saturated heterocycles. The van der Waals surface area contributed by atoms with Crippen LogP contribution in [0, 0.1) is 24.4 Å². The Hall–Kier alpha value is -3.53. The molecule has 10 heteroatoms. The number of halogens is 3. The third-order valence-corrected chi connectivity index (χ3v) is 5.42. The molecule has 2 heterocycles. The number of morpholine rings is 1. The van der Waals surface area contributed by atoms with Crippen molar-refractivity contribution in [1.82, 2.24) is 9.55 Å². The second-order valence-corrected chi connectivity index (χ2v) is 7.66. The lowest BCUT2D eigenvalue weighted by molar-refractivity contribution is 0.122. The minimum absolute atomic E-state index is 0.0394. The zero-order chi connectivity index (χ0) is 23.5. The van der Waals surface area contributed by atoms with E-state index in [1.165, 1.54) is 17.9 Å². The lowest BCUT2D eigenvalue weighted by Gasteiger charge is -2.29. The lowest BCUT2D eigenvalue weighted by atomic mass is 10.1. The van der Waals surface area contributed by atoms with Crippen LogP contribution in [0.4, 0.5) is 30.5 Å². The maximum Gasteiger partial charge on any atom is 0.316 e. The minimum Gasteiger partial charge on any atom is -0.490 e. The molecule has 0 bridgehead atoms. The minimum atomic E-state index is -1.54. The molecule has 174 valence electrons. The summed E-state index contributed by atoms with van der Waals surface area (Å²) < 4.78 is 52.8. The molecule has 1 aliphatic rings. The fraction of sp³-hybridized carbons (Fsp3) is 0.304. The summed E-state index contributed by atoms with van der Waals surface area (Å²) in [6, 6.07) is 7.70. The van der Waals surface area contributed by atoms with Gasteiger partial charge in [-0.1, -0.05) is 6.07 Å². The smallest absolute Gasteiger partial charge is 0.316 e. The van der Waals surface area contributed by atoms with Crippen LogP contribution in [-0.2, 0) is 11.3 Å². The summed E-state index contributed by atoms with van der Waals surface area (Å²) in [6.45, 7) is 4.62. The predicted octanol–water partition coefficient (Wildman–Crippen LogP) is 3.61. The summed E-state index contributed by atoms with van der Waals surface area (Å²) >= 11 is 0. The summed E-state index contributed by atoms with van der Waals surface area (Å²) in [6.07, 6.45) is 1.39. The van der Waals surface area contributed by atoms with Gasteiger partial charge in [-0.2, -0.15) is 4.98 Å². The van der Waals surface area contributed by atoms with Gasteiger partial charge in [-0.25, -0.2) is 13.2 Å². The molecule has 1 aromatic heterocycles. The van der Waals surface area contributed by atoms with Gasteiger partial charge < -0.3 is 24.3 Å². The van der Waals surface area contributed by atoms with Gasteiger partial charge in [0, 0.05) is 24.5 Å². The van der Waals surface area contributed by atoms with Gasteiger partial charge in [0.05, 0.1) is 33.1 Å². The van der Waals surface area contributed by atoms with E-state index in [0.29, 0.717) is 18.9 Å². The van der Waals surface area contributed by atoms with Crippen molar-refractivity contribution in [2.75, 3.05) is 43.6 Å². The summed E-state index contributed by atoms with van der Waals surface area (Å²) in [7, 11) is 1.32. The second kappa shape index (κ2) is 9.53. The van der Waals surface area contributed by atoms with Crippen molar-refractivity contribution in [3.05, 3.63) is 75.5 Å². The first-order chi connectivity index (χ1) is 15.9. The van der Waals surface area contributed by atoms with Crippen molar-refractivity contribution in [3.63, 3.8) is 0 Å². The van der Waals surface area contributed by atoms with E-state index < -0.39 is 23.0 Å². The molecule has 2 aromatic carbocycles. The first-order valence-electron chi connectivity index (χ1n) is 10.3. The Balaban J connectivity index is 1.70. The number of methoxy groups -OCH3 is 1. The number of hydrogen-bond acceptors (Lipinski definition) is 6. The molecule has 1 fully saturated rings. The van der Waals surface area contributed by atoms with Crippen molar-refractivity contribution in [3.8, 4) is 5.75 Å². The number of aromatic nitrogens is 2.